The summed E-state index contributed by atoms with van der Waals surface area (Å²) in [5.41, 5.74) is 0.0601. The van der Waals surface area contributed by atoms with Gasteiger partial charge in [-0.3, -0.25) is 14.2 Å². The quantitative estimate of drug-likeness (QED) is 0.461. The number of aromatic nitrogens is 3. The molecule has 0 spiro atoms. The van der Waals surface area contributed by atoms with Gasteiger partial charge < -0.3 is 5.32 Å². The zero-order valence-electron chi connectivity index (χ0n) is 15.7. The Hall–Kier alpha value is -2.88. The van der Waals surface area contributed by atoms with Crippen LogP contribution in [0, 0.1) is 0 Å². The van der Waals surface area contributed by atoms with Gasteiger partial charge in [0.25, 0.3) is 5.56 Å². The van der Waals surface area contributed by atoms with E-state index in [9.17, 15) is 14.4 Å². The molecule has 0 aliphatic heterocycles. The van der Waals surface area contributed by atoms with Crippen molar-refractivity contribution in [1.29, 1.82) is 0 Å². The molecule has 0 aliphatic rings. The fourth-order valence-electron chi connectivity index (χ4n) is 2.96. The fraction of sp³-hybridized carbons (Fsp3) is 0.100. The molecule has 4 aromatic rings. The van der Waals surface area contributed by atoms with Gasteiger partial charge in [0.15, 0.2) is 9.99 Å². The first-order valence-corrected chi connectivity index (χ1v) is 11.2. The number of carbonyl (C=O) groups excluding carboxylic acids is 1. The molecule has 0 saturated carbocycles. The van der Waals surface area contributed by atoms with Gasteiger partial charge in [0.2, 0.25) is 5.91 Å². The number of rotatable bonds is 5. The second-order valence-electron chi connectivity index (χ2n) is 6.24. The van der Waals surface area contributed by atoms with E-state index < -0.39 is 17.2 Å². The van der Waals surface area contributed by atoms with Crippen molar-refractivity contribution < 1.29 is 4.79 Å². The summed E-state index contributed by atoms with van der Waals surface area (Å²) < 4.78 is 3.24. The number of benzene rings is 2. The topological polar surface area (TPSA) is 86.0 Å². The van der Waals surface area contributed by atoms with Crippen molar-refractivity contribution in [2.24, 2.45) is 0 Å². The number of anilines is 1. The maximum Gasteiger partial charge on any atom is 0.337 e. The highest BCUT2D eigenvalue weighted by Crippen LogP contribution is 2.25. The first kappa shape index (κ1) is 20.4. The van der Waals surface area contributed by atoms with Gasteiger partial charge in [0.1, 0.15) is 11.2 Å². The Balaban J connectivity index is 1.84. The predicted octanol–water partition coefficient (Wildman–Crippen LogP) is 3.62. The maximum atomic E-state index is 13.2. The third-order valence-electron chi connectivity index (χ3n) is 4.26. The minimum Gasteiger partial charge on any atom is -0.324 e. The zero-order chi connectivity index (χ0) is 21.3. The van der Waals surface area contributed by atoms with Gasteiger partial charge in [0.05, 0.1) is 5.69 Å². The predicted molar refractivity (Wildman–Crippen MR) is 121 cm³/mol. The number of nitrogens with zero attached hydrogens (tertiary/aromatic N) is 3. The number of amides is 1. The molecule has 0 fully saturated rings. The summed E-state index contributed by atoms with van der Waals surface area (Å²) in [6.45, 7) is -0.299. The summed E-state index contributed by atoms with van der Waals surface area (Å²) in [6, 6.07) is 15.3. The second-order valence-corrected chi connectivity index (χ2v) is 8.73. The second kappa shape index (κ2) is 8.47. The van der Waals surface area contributed by atoms with Gasteiger partial charge in [-0.15, -0.1) is 11.3 Å². The van der Waals surface area contributed by atoms with E-state index in [1.165, 1.54) is 27.7 Å². The summed E-state index contributed by atoms with van der Waals surface area (Å²) in [5, 5.41) is 3.20. The number of nitrogens with one attached hydrogen (secondary N) is 1. The molecular formula is C20H15ClN4O3S2. The van der Waals surface area contributed by atoms with Crippen molar-refractivity contribution in [2.45, 2.75) is 10.9 Å². The lowest BCUT2D eigenvalue weighted by molar-refractivity contribution is -0.116. The molecule has 7 nitrogen and oxygen atoms in total. The molecule has 1 N–H and O–H groups in total. The number of fused-ring (bicyclic) bond motifs is 1. The van der Waals surface area contributed by atoms with Crippen molar-refractivity contribution in [3.05, 3.63) is 80.5 Å². The van der Waals surface area contributed by atoms with E-state index in [2.05, 4.69) is 10.3 Å². The van der Waals surface area contributed by atoms with Gasteiger partial charge >= 0.3 is 5.69 Å². The molecular weight excluding hydrogens is 444 g/mol. The minimum absolute atomic E-state index is 0.202. The number of hydrogen-bond donors (Lipinski definition) is 1. The molecule has 4 rings (SSSR count). The number of carbonyl (C=O) groups is 1. The van der Waals surface area contributed by atoms with Gasteiger partial charge in [-0.2, -0.15) is 0 Å². The normalized spacial score (nSPS) is 11.0. The van der Waals surface area contributed by atoms with Crippen LogP contribution in [0.15, 0.2) is 68.5 Å². The van der Waals surface area contributed by atoms with Crippen LogP contribution in [0.2, 0.25) is 5.02 Å². The molecule has 0 unspecified atom stereocenters. The SMILES string of the molecule is CSc1nc2c(s1)c(=O)n(-c1ccccc1)c(=O)n2CC(=O)Nc1cccc(Cl)c1. The highest BCUT2D eigenvalue weighted by atomic mass is 35.5. The average molecular weight is 459 g/mol. The van der Waals surface area contributed by atoms with E-state index in [1.807, 2.05) is 6.26 Å². The highest BCUT2D eigenvalue weighted by Gasteiger charge is 2.20. The van der Waals surface area contributed by atoms with Crippen molar-refractivity contribution in [3.8, 4) is 5.69 Å². The number of thiazole rings is 1. The number of para-hydroxylation sites is 1. The van der Waals surface area contributed by atoms with Crippen molar-refractivity contribution in [1.82, 2.24) is 14.1 Å². The number of thioether (sulfide) groups is 1. The van der Waals surface area contributed by atoms with Crippen molar-refractivity contribution in [3.63, 3.8) is 0 Å². The van der Waals surface area contributed by atoms with Crippen molar-refractivity contribution >= 4 is 56.6 Å². The molecule has 2 heterocycles. The Bertz CT molecular complexity index is 1360. The van der Waals surface area contributed by atoms with Gasteiger partial charge in [-0.25, -0.2) is 14.3 Å². The summed E-state index contributed by atoms with van der Waals surface area (Å²) in [6.07, 6.45) is 1.84. The van der Waals surface area contributed by atoms with Crippen LogP contribution in [0.1, 0.15) is 0 Å². The molecule has 2 aromatic heterocycles. The van der Waals surface area contributed by atoms with Crippen LogP contribution in [0.4, 0.5) is 5.69 Å². The Kier molecular flexibility index (Phi) is 5.76. The van der Waals surface area contributed by atoms with Crippen LogP contribution in [-0.2, 0) is 11.3 Å². The first-order chi connectivity index (χ1) is 14.5. The lowest BCUT2D eigenvalue weighted by Gasteiger charge is -2.11. The molecule has 10 heteroatoms. The molecule has 30 heavy (non-hydrogen) atoms. The van der Waals surface area contributed by atoms with Crippen LogP contribution >= 0.6 is 34.7 Å². The average Bonchev–Trinajstić information content (AvgIpc) is 3.17. The van der Waals surface area contributed by atoms with E-state index in [-0.39, 0.29) is 12.2 Å². The minimum atomic E-state index is -0.627. The Morgan fingerprint density at radius 1 is 1.17 bits per heavy atom. The largest absolute Gasteiger partial charge is 0.337 e. The molecule has 0 atom stereocenters. The van der Waals surface area contributed by atoms with Gasteiger partial charge in [-0.05, 0) is 36.6 Å². The standard InChI is InChI=1S/C20H15ClN4O3S2/c1-29-19-23-17-16(30-19)18(27)25(14-8-3-2-4-9-14)20(28)24(17)11-15(26)22-13-7-5-6-12(21)10-13/h2-10H,11H2,1H3,(H,22,26). The summed E-state index contributed by atoms with van der Waals surface area (Å²) in [7, 11) is 0. The van der Waals surface area contributed by atoms with E-state index in [1.54, 1.807) is 54.6 Å². The number of halogens is 1. The third kappa shape index (κ3) is 3.91. The summed E-state index contributed by atoms with van der Waals surface area (Å²) in [4.78, 5) is 43.3. The maximum absolute atomic E-state index is 13.2. The van der Waals surface area contributed by atoms with E-state index in [4.69, 9.17) is 11.6 Å². The lowest BCUT2D eigenvalue weighted by Crippen LogP contribution is -2.40. The molecule has 1 amide bonds. The molecule has 0 bridgehead atoms. The van der Waals surface area contributed by atoms with Crippen LogP contribution < -0.4 is 16.6 Å². The number of hydrogen-bond acceptors (Lipinski definition) is 6. The lowest BCUT2D eigenvalue weighted by atomic mass is 10.3. The first-order valence-electron chi connectivity index (χ1n) is 8.79. The van der Waals surface area contributed by atoms with E-state index >= 15 is 0 Å². The summed E-state index contributed by atoms with van der Waals surface area (Å²) >= 11 is 8.53. The van der Waals surface area contributed by atoms with Gasteiger partial charge in [0, 0.05) is 10.7 Å². The molecule has 0 aliphatic carbocycles. The van der Waals surface area contributed by atoms with E-state index in [0.29, 0.717) is 25.4 Å². The Morgan fingerprint density at radius 3 is 2.63 bits per heavy atom. The smallest absolute Gasteiger partial charge is 0.324 e. The summed E-state index contributed by atoms with van der Waals surface area (Å²) in [5.74, 6) is -0.433. The third-order valence-corrected chi connectivity index (χ3v) is 6.52. The monoisotopic (exact) mass is 458 g/mol. The van der Waals surface area contributed by atoms with Crippen LogP contribution in [0.5, 0.6) is 0 Å². The van der Waals surface area contributed by atoms with Gasteiger partial charge in [-0.1, -0.05) is 47.6 Å². The van der Waals surface area contributed by atoms with Crippen molar-refractivity contribution in [2.75, 3.05) is 11.6 Å². The van der Waals surface area contributed by atoms with Crippen LogP contribution in [-0.4, -0.2) is 26.3 Å². The highest BCUT2D eigenvalue weighted by molar-refractivity contribution is 8.00. The molecule has 2 aromatic carbocycles. The molecule has 0 saturated heterocycles. The van der Waals surface area contributed by atoms with Crippen LogP contribution in [0.3, 0.4) is 0 Å². The Labute approximate surface area is 184 Å². The molecule has 152 valence electrons. The van der Waals surface area contributed by atoms with E-state index in [0.717, 1.165) is 4.57 Å². The van der Waals surface area contributed by atoms with Crippen LogP contribution in [0.25, 0.3) is 16.0 Å². The Morgan fingerprint density at radius 2 is 1.93 bits per heavy atom. The molecule has 0 radical (unpaired) electrons. The zero-order valence-corrected chi connectivity index (χ0v) is 18.1. The fourth-order valence-corrected chi connectivity index (χ4v) is 4.64.